The van der Waals surface area contributed by atoms with E-state index in [1.54, 1.807) is 0 Å². The van der Waals surface area contributed by atoms with Gasteiger partial charge in [0.25, 0.3) is 0 Å². The van der Waals surface area contributed by atoms with E-state index in [4.69, 9.17) is 11.6 Å². The molecule has 0 aromatic heterocycles. The van der Waals surface area contributed by atoms with Gasteiger partial charge in [-0.05, 0) is 24.1 Å². The van der Waals surface area contributed by atoms with E-state index in [-0.39, 0.29) is 11.1 Å². The molecule has 0 radical (unpaired) electrons. The molecular weight excluding hydrogens is 321 g/mol. The van der Waals surface area contributed by atoms with Crippen molar-refractivity contribution in [2.45, 2.75) is 32.5 Å². The summed E-state index contributed by atoms with van der Waals surface area (Å²) in [7, 11) is 0. The molecule has 0 aliphatic carbocycles. The summed E-state index contributed by atoms with van der Waals surface area (Å²) >= 11 is 7.13. The Hall–Kier alpha value is -0.880. The van der Waals surface area contributed by atoms with Crippen LogP contribution in [0.5, 0.6) is 0 Å². The molecule has 2 atom stereocenters. The molecule has 116 valence electrons. The molecule has 0 amide bonds. The summed E-state index contributed by atoms with van der Waals surface area (Å²) in [5, 5.41) is 3.31. The fourth-order valence-electron chi connectivity index (χ4n) is 1.97. The van der Waals surface area contributed by atoms with Crippen LogP contribution in [0.15, 0.2) is 23.2 Å². The summed E-state index contributed by atoms with van der Waals surface area (Å²) in [6, 6.07) is 4.01. The lowest BCUT2D eigenvalue weighted by Crippen LogP contribution is -2.14. The highest BCUT2D eigenvalue weighted by Gasteiger charge is 2.33. The molecule has 1 aliphatic rings. The highest BCUT2D eigenvalue weighted by molar-refractivity contribution is 8.14. The fraction of sp³-hybridized carbons (Fsp3) is 0.500. The maximum absolute atomic E-state index is 12.8. The van der Waals surface area contributed by atoms with E-state index in [0.717, 1.165) is 18.2 Å². The molecule has 2 nitrogen and oxygen atoms in total. The van der Waals surface area contributed by atoms with Gasteiger partial charge in [-0.1, -0.05) is 43.6 Å². The van der Waals surface area contributed by atoms with Crippen molar-refractivity contribution in [1.29, 1.82) is 0 Å². The lowest BCUT2D eigenvalue weighted by molar-refractivity contribution is -0.137. The first kappa shape index (κ1) is 16.5. The van der Waals surface area contributed by atoms with Gasteiger partial charge in [-0.2, -0.15) is 13.2 Å². The highest BCUT2D eigenvalue weighted by Crippen LogP contribution is 2.36. The van der Waals surface area contributed by atoms with Crippen LogP contribution in [0.2, 0.25) is 5.02 Å². The number of alkyl halides is 3. The van der Waals surface area contributed by atoms with Crippen LogP contribution >= 0.6 is 23.4 Å². The zero-order valence-corrected chi connectivity index (χ0v) is 13.2. The van der Waals surface area contributed by atoms with Crippen LogP contribution in [0.1, 0.15) is 25.8 Å². The van der Waals surface area contributed by atoms with Gasteiger partial charge in [-0.3, -0.25) is 4.99 Å². The number of nitrogens with one attached hydrogen (secondary N) is 1. The number of aliphatic imine (C=N–C) groups is 1. The van der Waals surface area contributed by atoms with Crippen molar-refractivity contribution in [3.8, 4) is 0 Å². The maximum atomic E-state index is 12.8. The number of thioether (sulfide) groups is 1. The summed E-state index contributed by atoms with van der Waals surface area (Å²) in [4.78, 5) is 4.52. The Morgan fingerprint density at radius 2 is 2.19 bits per heavy atom. The van der Waals surface area contributed by atoms with Crippen molar-refractivity contribution >= 4 is 34.2 Å². The zero-order valence-electron chi connectivity index (χ0n) is 11.7. The number of rotatable bonds is 3. The number of hydrogen-bond acceptors (Lipinski definition) is 3. The molecule has 1 heterocycles. The Kier molecular flexibility index (Phi) is 5.09. The Balaban J connectivity index is 2.14. The van der Waals surface area contributed by atoms with E-state index in [9.17, 15) is 13.2 Å². The Labute approximate surface area is 131 Å². The zero-order chi connectivity index (χ0) is 15.6. The minimum absolute atomic E-state index is 0.219. The molecule has 1 aromatic rings. The molecule has 0 fully saturated rings. The molecule has 0 spiro atoms. The second kappa shape index (κ2) is 6.48. The van der Waals surface area contributed by atoms with E-state index in [1.165, 1.54) is 23.9 Å². The van der Waals surface area contributed by atoms with E-state index >= 15 is 0 Å². The topological polar surface area (TPSA) is 24.4 Å². The van der Waals surface area contributed by atoms with Crippen molar-refractivity contribution in [1.82, 2.24) is 0 Å². The number of nitrogens with zero attached hydrogens (tertiary/aromatic N) is 1. The van der Waals surface area contributed by atoms with Crippen molar-refractivity contribution < 1.29 is 13.2 Å². The fourth-order valence-corrected chi connectivity index (χ4v) is 3.32. The van der Waals surface area contributed by atoms with Crippen LogP contribution < -0.4 is 5.32 Å². The standard InChI is InChI=1S/C14H16ClF3N2S/c1-3-8(2)12-7-21-13(20-12)19-9-4-5-11(15)10(6-9)14(16,17)18/h4-6,8,12H,3,7H2,1-2H3,(H,19,20). The first-order valence-electron chi connectivity index (χ1n) is 6.65. The molecule has 2 unspecified atom stereocenters. The van der Waals surface area contributed by atoms with Gasteiger partial charge >= 0.3 is 6.18 Å². The molecular formula is C14H16ClF3N2S. The van der Waals surface area contributed by atoms with Gasteiger partial charge in [0.2, 0.25) is 0 Å². The third kappa shape index (κ3) is 4.07. The smallest absolute Gasteiger partial charge is 0.335 e. The van der Waals surface area contributed by atoms with Crippen molar-refractivity contribution in [2.75, 3.05) is 11.1 Å². The molecule has 7 heteroatoms. The summed E-state index contributed by atoms with van der Waals surface area (Å²) < 4.78 is 38.4. The summed E-state index contributed by atoms with van der Waals surface area (Å²) in [5.41, 5.74) is -0.487. The van der Waals surface area contributed by atoms with Crippen LogP contribution in [0.25, 0.3) is 0 Å². The molecule has 1 aromatic carbocycles. The minimum Gasteiger partial charge on any atom is -0.335 e. The predicted octanol–water partition coefficient (Wildman–Crippen LogP) is 5.29. The van der Waals surface area contributed by atoms with Gasteiger partial charge in [-0.15, -0.1) is 0 Å². The van der Waals surface area contributed by atoms with Gasteiger partial charge in [-0.25, -0.2) is 0 Å². The third-order valence-electron chi connectivity index (χ3n) is 3.50. The van der Waals surface area contributed by atoms with Crippen molar-refractivity contribution in [2.24, 2.45) is 10.9 Å². The lowest BCUT2D eigenvalue weighted by atomic mass is 10.0. The van der Waals surface area contributed by atoms with Gasteiger partial charge < -0.3 is 5.32 Å². The first-order valence-corrected chi connectivity index (χ1v) is 8.02. The normalized spacial score (nSPS) is 20.3. The van der Waals surface area contributed by atoms with E-state index < -0.39 is 11.7 Å². The van der Waals surface area contributed by atoms with Gasteiger partial charge in [0.15, 0.2) is 5.17 Å². The van der Waals surface area contributed by atoms with E-state index in [2.05, 4.69) is 24.2 Å². The summed E-state index contributed by atoms with van der Waals surface area (Å²) in [6.45, 7) is 4.23. The second-order valence-electron chi connectivity index (χ2n) is 5.02. The average molecular weight is 337 g/mol. The minimum atomic E-state index is -4.46. The third-order valence-corrected chi connectivity index (χ3v) is 4.82. The van der Waals surface area contributed by atoms with Gasteiger partial charge in [0, 0.05) is 11.4 Å². The number of halogens is 4. The largest absolute Gasteiger partial charge is 0.417 e. The number of anilines is 1. The lowest BCUT2D eigenvalue weighted by Gasteiger charge is -2.12. The molecule has 0 saturated heterocycles. The van der Waals surface area contributed by atoms with Crippen LogP contribution in [0, 0.1) is 5.92 Å². The van der Waals surface area contributed by atoms with Crippen LogP contribution in [-0.4, -0.2) is 17.0 Å². The monoisotopic (exact) mass is 336 g/mol. The molecule has 0 bridgehead atoms. The SMILES string of the molecule is CCC(C)C1CSC(Nc2ccc(Cl)c(C(F)(F)F)c2)=N1. The van der Waals surface area contributed by atoms with Crippen LogP contribution in [0.4, 0.5) is 18.9 Å². The van der Waals surface area contributed by atoms with Crippen molar-refractivity contribution in [3.05, 3.63) is 28.8 Å². The molecule has 21 heavy (non-hydrogen) atoms. The molecule has 1 aliphatic heterocycles. The highest BCUT2D eigenvalue weighted by atomic mass is 35.5. The van der Waals surface area contributed by atoms with Gasteiger partial charge in [0.05, 0.1) is 16.6 Å². The quantitative estimate of drug-likeness (QED) is 0.811. The Morgan fingerprint density at radius 1 is 1.48 bits per heavy atom. The number of benzene rings is 1. The first-order chi connectivity index (χ1) is 9.81. The maximum Gasteiger partial charge on any atom is 0.417 e. The number of hydrogen-bond donors (Lipinski definition) is 1. The average Bonchev–Trinajstić information content (AvgIpc) is 2.87. The molecule has 2 rings (SSSR count). The summed E-state index contributed by atoms with van der Waals surface area (Å²) in [5.74, 6) is 1.32. The number of amidine groups is 1. The Bertz CT molecular complexity index is 546. The van der Waals surface area contributed by atoms with Crippen LogP contribution in [-0.2, 0) is 6.18 Å². The van der Waals surface area contributed by atoms with Crippen molar-refractivity contribution in [3.63, 3.8) is 0 Å². The molecule has 0 saturated carbocycles. The Morgan fingerprint density at radius 3 is 2.81 bits per heavy atom. The predicted molar refractivity (Wildman–Crippen MR) is 83.2 cm³/mol. The summed E-state index contributed by atoms with van der Waals surface area (Å²) in [6.07, 6.45) is -3.43. The molecule has 1 N–H and O–H groups in total. The van der Waals surface area contributed by atoms with E-state index in [1.807, 2.05) is 0 Å². The second-order valence-corrected chi connectivity index (χ2v) is 6.43. The van der Waals surface area contributed by atoms with Crippen LogP contribution in [0.3, 0.4) is 0 Å². The van der Waals surface area contributed by atoms with E-state index in [0.29, 0.717) is 16.8 Å². The van der Waals surface area contributed by atoms with Gasteiger partial charge in [0.1, 0.15) is 0 Å².